The number of carbonyl (C=O) groups excluding carboxylic acids is 2. The molecule has 0 unspecified atom stereocenters. The van der Waals surface area contributed by atoms with Crippen molar-refractivity contribution in [1.29, 1.82) is 0 Å². The highest BCUT2D eigenvalue weighted by Crippen LogP contribution is 2.19. The van der Waals surface area contributed by atoms with Crippen molar-refractivity contribution in [3.05, 3.63) is 71.0 Å². The van der Waals surface area contributed by atoms with Crippen molar-refractivity contribution in [3.8, 4) is 0 Å². The number of nitrogens with one attached hydrogen (secondary N) is 1. The molecule has 2 aromatic carbocycles. The average Bonchev–Trinajstić information content (AvgIpc) is 2.75. The van der Waals surface area contributed by atoms with Crippen molar-refractivity contribution >= 4 is 11.8 Å². The van der Waals surface area contributed by atoms with E-state index >= 15 is 0 Å². The Bertz CT molecular complexity index is 860. The maximum absolute atomic E-state index is 13.2. The first-order valence-electron chi connectivity index (χ1n) is 10.8. The maximum Gasteiger partial charge on any atom is 0.242 e. The van der Waals surface area contributed by atoms with Crippen LogP contribution in [-0.2, 0) is 22.6 Å². The van der Waals surface area contributed by atoms with Crippen LogP contribution in [-0.4, -0.2) is 28.8 Å². The first-order valence-corrected chi connectivity index (χ1v) is 10.8. The highest BCUT2D eigenvalue weighted by Gasteiger charge is 2.28. The molecule has 3 rings (SSSR count). The van der Waals surface area contributed by atoms with E-state index in [0.717, 1.165) is 42.4 Å². The predicted molar refractivity (Wildman–Crippen MR) is 116 cm³/mol. The van der Waals surface area contributed by atoms with Crippen LogP contribution in [0.15, 0.2) is 48.5 Å². The number of aryl methyl sites for hydroxylation is 1. The minimum Gasteiger partial charge on any atom is -0.352 e. The van der Waals surface area contributed by atoms with Crippen molar-refractivity contribution in [2.45, 2.75) is 71.0 Å². The van der Waals surface area contributed by atoms with Crippen molar-refractivity contribution in [1.82, 2.24) is 10.2 Å². The third kappa shape index (κ3) is 5.91. The second-order valence-corrected chi connectivity index (χ2v) is 8.27. The van der Waals surface area contributed by atoms with Gasteiger partial charge in [-0.2, -0.15) is 0 Å². The average molecular weight is 411 g/mol. The molecule has 1 fully saturated rings. The van der Waals surface area contributed by atoms with E-state index in [-0.39, 0.29) is 30.1 Å². The molecule has 1 aliphatic rings. The largest absolute Gasteiger partial charge is 0.352 e. The number of nitrogens with zero attached hydrogens (tertiary/aromatic N) is 1. The van der Waals surface area contributed by atoms with E-state index in [4.69, 9.17) is 0 Å². The summed E-state index contributed by atoms with van der Waals surface area (Å²) in [6.07, 6.45) is 5.62. The Morgan fingerprint density at radius 2 is 1.73 bits per heavy atom. The summed E-state index contributed by atoms with van der Waals surface area (Å²) >= 11 is 0. The fraction of sp³-hybridized carbons (Fsp3) is 0.440. The Morgan fingerprint density at radius 1 is 1.07 bits per heavy atom. The number of hydrogen-bond donors (Lipinski definition) is 1. The van der Waals surface area contributed by atoms with Gasteiger partial charge in [-0.25, -0.2) is 4.39 Å². The molecule has 0 radical (unpaired) electrons. The lowest BCUT2D eigenvalue weighted by molar-refractivity contribution is -0.140. The van der Waals surface area contributed by atoms with Gasteiger partial charge in [0.25, 0.3) is 0 Å². The normalized spacial score (nSPS) is 15.4. The molecule has 160 valence electrons. The summed E-state index contributed by atoms with van der Waals surface area (Å²) in [6.45, 7) is 4.16. The van der Waals surface area contributed by atoms with Crippen LogP contribution in [0.3, 0.4) is 0 Å². The van der Waals surface area contributed by atoms with Gasteiger partial charge in [0.1, 0.15) is 11.9 Å². The van der Waals surface area contributed by atoms with Crippen LogP contribution < -0.4 is 5.32 Å². The number of rotatable bonds is 7. The van der Waals surface area contributed by atoms with Crippen LogP contribution >= 0.6 is 0 Å². The molecule has 1 aliphatic carbocycles. The van der Waals surface area contributed by atoms with Crippen molar-refractivity contribution in [3.63, 3.8) is 0 Å². The smallest absolute Gasteiger partial charge is 0.242 e. The zero-order valence-electron chi connectivity index (χ0n) is 17.9. The number of carbonyl (C=O) groups is 2. The maximum atomic E-state index is 13.2. The predicted octanol–water partition coefficient (Wildman–Crippen LogP) is 4.54. The second-order valence-electron chi connectivity index (χ2n) is 8.27. The van der Waals surface area contributed by atoms with Crippen LogP contribution in [0.2, 0.25) is 0 Å². The molecule has 5 heteroatoms. The minimum atomic E-state index is -0.584. The standard InChI is InChI=1S/C25H31FN2O2/c1-18-8-6-7-9-21(18)17-28(24(29)16-20-12-14-22(26)15-13-20)19(2)25(30)27-23-10-4-3-5-11-23/h6-9,12-15,19,23H,3-5,10-11,16-17H2,1-2H3,(H,27,30)/t19-/m0/s1. The Hall–Kier alpha value is -2.69. The molecular formula is C25H31FN2O2. The van der Waals surface area contributed by atoms with Crippen LogP contribution in [0, 0.1) is 12.7 Å². The first kappa shape index (κ1) is 22.0. The van der Waals surface area contributed by atoms with Crippen molar-refractivity contribution in [2.75, 3.05) is 0 Å². The monoisotopic (exact) mass is 410 g/mol. The zero-order chi connectivity index (χ0) is 21.5. The molecular weight excluding hydrogens is 379 g/mol. The number of amides is 2. The molecule has 2 amide bonds. The summed E-state index contributed by atoms with van der Waals surface area (Å²) in [4.78, 5) is 27.8. The quantitative estimate of drug-likeness (QED) is 0.728. The number of hydrogen-bond acceptors (Lipinski definition) is 2. The van der Waals surface area contributed by atoms with E-state index in [1.165, 1.54) is 18.6 Å². The van der Waals surface area contributed by atoms with Gasteiger partial charge >= 0.3 is 0 Å². The lowest BCUT2D eigenvalue weighted by atomic mass is 9.95. The molecule has 0 aromatic heterocycles. The summed E-state index contributed by atoms with van der Waals surface area (Å²) in [5.41, 5.74) is 2.83. The lowest BCUT2D eigenvalue weighted by Crippen LogP contribution is -2.50. The summed E-state index contributed by atoms with van der Waals surface area (Å²) < 4.78 is 13.2. The van der Waals surface area contributed by atoms with Gasteiger partial charge in [-0.05, 0) is 55.5 Å². The summed E-state index contributed by atoms with van der Waals surface area (Å²) in [5, 5.41) is 3.14. The first-order chi connectivity index (χ1) is 14.4. The Labute approximate surface area is 178 Å². The van der Waals surface area contributed by atoms with Crippen LogP contribution in [0.4, 0.5) is 4.39 Å². The molecule has 0 spiro atoms. The summed E-state index contributed by atoms with van der Waals surface area (Å²) in [6, 6.07) is 13.4. The number of halogens is 1. The Kier molecular flexibility index (Phi) is 7.61. The molecule has 0 bridgehead atoms. The van der Waals surface area contributed by atoms with E-state index in [9.17, 15) is 14.0 Å². The van der Waals surface area contributed by atoms with Crippen molar-refractivity contribution < 1.29 is 14.0 Å². The minimum absolute atomic E-state index is 0.108. The highest BCUT2D eigenvalue weighted by molar-refractivity contribution is 5.88. The van der Waals surface area contributed by atoms with E-state index in [1.54, 1.807) is 24.0 Å². The fourth-order valence-electron chi connectivity index (χ4n) is 4.00. The van der Waals surface area contributed by atoms with E-state index in [0.29, 0.717) is 6.54 Å². The second kappa shape index (κ2) is 10.4. The molecule has 1 N–H and O–H groups in total. The van der Waals surface area contributed by atoms with Gasteiger partial charge in [0, 0.05) is 12.6 Å². The molecule has 30 heavy (non-hydrogen) atoms. The van der Waals surface area contributed by atoms with Crippen LogP contribution in [0.1, 0.15) is 55.7 Å². The molecule has 1 saturated carbocycles. The Morgan fingerprint density at radius 3 is 2.40 bits per heavy atom. The summed E-state index contributed by atoms with van der Waals surface area (Å²) in [5.74, 6) is -0.581. The molecule has 4 nitrogen and oxygen atoms in total. The van der Waals surface area contributed by atoms with E-state index in [2.05, 4.69) is 5.32 Å². The van der Waals surface area contributed by atoms with Crippen molar-refractivity contribution in [2.24, 2.45) is 0 Å². The molecule has 0 saturated heterocycles. The third-order valence-corrected chi connectivity index (χ3v) is 5.99. The van der Waals surface area contributed by atoms with Gasteiger partial charge < -0.3 is 10.2 Å². The zero-order valence-corrected chi connectivity index (χ0v) is 17.9. The Balaban J connectivity index is 1.76. The topological polar surface area (TPSA) is 49.4 Å². The van der Waals surface area contributed by atoms with E-state index < -0.39 is 6.04 Å². The van der Waals surface area contributed by atoms with Gasteiger partial charge in [-0.3, -0.25) is 9.59 Å². The van der Waals surface area contributed by atoms with Gasteiger partial charge in [0.15, 0.2) is 0 Å². The highest BCUT2D eigenvalue weighted by atomic mass is 19.1. The van der Waals surface area contributed by atoms with Crippen LogP contribution in [0.25, 0.3) is 0 Å². The number of benzene rings is 2. The molecule has 2 aromatic rings. The van der Waals surface area contributed by atoms with Gasteiger partial charge in [-0.15, -0.1) is 0 Å². The van der Waals surface area contributed by atoms with Crippen LogP contribution in [0.5, 0.6) is 0 Å². The molecule has 0 aliphatic heterocycles. The lowest BCUT2D eigenvalue weighted by Gasteiger charge is -2.31. The SMILES string of the molecule is Cc1ccccc1CN(C(=O)Cc1ccc(F)cc1)[C@@H](C)C(=O)NC1CCCCC1. The third-order valence-electron chi connectivity index (χ3n) is 5.99. The van der Waals surface area contributed by atoms with Gasteiger partial charge in [0.2, 0.25) is 11.8 Å². The molecule has 0 heterocycles. The fourth-order valence-corrected chi connectivity index (χ4v) is 4.00. The van der Waals surface area contributed by atoms with Gasteiger partial charge in [0.05, 0.1) is 6.42 Å². The van der Waals surface area contributed by atoms with E-state index in [1.807, 2.05) is 31.2 Å². The summed E-state index contributed by atoms with van der Waals surface area (Å²) in [7, 11) is 0. The molecule has 1 atom stereocenters. The van der Waals surface area contributed by atoms with Gasteiger partial charge in [-0.1, -0.05) is 55.7 Å².